The van der Waals surface area contributed by atoms with E-state index in [9.17, 15) is 9.59 Å². The number of amides is 1. The SMILES string of the molecule is COC(=O)C=C(C)C1=NC2CC3(C(=O)N(OC)c4ccccc43)C3CC1C2CO3. The van der Waals surface area contributed by atoms with Gasteiger partial charge in [0.15, 0.2) is 0 Å². The summed E-state index contributed by atoms with van der Waals surface area (Å²) in [5, 5.41) is 1.40. The summed E-state index contributed by atoms with van der Waals surface area (Å²) in [6.07, 6.45) is 2.54. The number of rotatable bonds is 3. The second-order valence-electron chi connectivity index (χ2n) is 8.23. The molecule has 3 fully saturated rings. The van der Waals surface area contributed by atoms with Crippen LogP contribution in [0.5, 0.6) is 0 Å². The molecule has 4 aliphatic heterocycles. The van der Waals surface area contributed by atoms with E-state index in [-0.39, 0.29) is 35.9 Å². The molecule has 7 heteroatoms. The minimum absolute atomic E-state index is 0.0303. The normalized spacial score (nSPS) is 35.0. The molecule has 2 saturated heterocycles. The van der Waals surface area contributed by atoms with Crippen molar-refractivity contribution in [3.8, 4) is 0 Å². The first-order chi connectivity index (χ1) is 14.0. The molecule has 1 aromatic rings. The van der Waals surface area contributed by atoms with Gasteiger partial charge in [0, 0.05) is 23.6 Å². The zero-order chi connectivity index (χ0) is 20.3. The molecule has 29 heavy (non-hydrogen) atoms. The Hall–Kier alpha value is -2.51. The van der Waals surface area contributed by atoms with Gasteiger partial charge in [0.1, 0.15) is 5.41 Å². The fraction of sp³-hybridized carbons (Fsp3) is 0.500. The van der Waals surface area contributed by atoms with E-state index in [0.717, 1.165) is 22.5 Å². The summed E-state index contributed by atoms with van der Waals surface area (Å²) >= 11 is 0. The molecular weight excluding hydrogens is 372 g/mol. The molecular formula is C22H24N2O5. The molecule has 1 aliphatic carbocycles. The van der Waals surface area contributed by atoms with Crippen LogP contribution in [0.3, 0.4) is 0 Å². The number of hydrogen-bond donors (Lipinski definition) is 0. The Morgan fingerprint density at radius 3 is 2.90 bits per heavy atom. The summed E-state index contributed by atoms with van der Waals surface area (Å²) in [4.78, 5) is 35.8. The van der Waals surface area contributed by atoms with Gasteiger partial charge in [-0.1, -0.05) is 18.2 Å². The third-order valence-electron chi connectivity index (χ3n) is 7.00. The van der Waals surface area contributed by atoms with Crippen molar-refractivity contribution in [2.75, 3.05) is 25.9 Å². The van der Waals surface area contributed by atoms with Gasteiger partial charge < -0.3 is 9.47 Å². The van der Waals surface area contributed by atoms with Gasteiger partial charge in [-0.2, -0.15) is 5.06 Å². The predicted octanol–water partition coefficient (Wildman–Crippen LogP) is 2.20. The number of carbonyl (C=O) groups is 2. The molecule has 4 heterocycles. The van der Waals surface area contributed by atoms with Crippen molar-refractivity contribution in [3.63, 3.8) is 0 Å². The molecule has 5 aliphatic rings. The number of hydrogen-bond acceptors (Lipinski definition) is 6. The van der Waals surface area contributed by atoms with Crippen LogP contribution in [0.2, 0.25) is 0 Å². The number of aliphatic imine (C=N–C) groups is 1. The molecule has 0 radical (unpaired) electrons. The van der Waals surface area contributed by atoms with E-state index in [4.69, 9.17) is 19.3 Å². The van der Waals surface area contributed by atoms with Crippen LogP contribution in [0.4, 0.5) is 5.69 Å². The maximum Gasteiger partial charge on any atom is 0.330 e. The van der Waals surface area contributed by atoms with Crippen molar-refractivity contribution in [1.29, 1.82) is 0 Å². The van der Waals surface area contributed by atoms with E-state index in [1.165, 1.54) is 25.4 Å². The highest BCUT2D eigenvalue weighted by Gasteiger charge is 2.64. The molecule has 152 valence electrons. The largest absolute Gasteiger partial charge is 0.466 e. The number of carbonyl (C=O) groups excluding carboxylic acids is 2. The average Bonchev–Trinajstić information content (AvgIpc) is 3.09. The summed E-state index contributed by atoms with van der Waals surface area (Å²) in [5.74, 6) is -0.0512. The van der Waals surface area contributed by atoms with Crippen molar-refractivity contribution in [1.82, 2.24) is 0 Å². The molecule has 4 bridgehead atoms. The van der Waals surface area contributed by atoms with Crippen LogP contribution in [0.15, 0.2) is 40.9 Å². The molecule has 0 aromatic heterocycles. The van der Waals surface area contributed by atoms with E-state index in [2.05, 4.69) is 0 Å². The Kier molecular flexibility index (Phi) is 4.15. The van der Waals surface area contributed by atoms with Gasteiger partial charge in [0.25, 0.3) is 5.91 Å². The maximum atomic E-state index is 13.6. The van der Waals surface area contributed by atoms with Gasteiger partial charge in [-0.15, -0.1) is 0 Å². The van der Waals surface area contributed by atoms with Gasteiger partial charge in [-0.3, -0.25) is 14.6 Å². The van der Waals surface area contributed by atoms with Crippen molar-refractivity contribution >= 4 is 23.3 Å². The summed E-state index contributed by atoms with van der Waals surface area (Å²) in [7, 11) is 2.89. The first kappa shape index (κ1) is 18.5. The number of fused-ring (bicyclic) bond motifs is 2. The number of nitrogens with zero attached hydrogens (tertiary/aromatic N) is 2. The van der Waals surface area contributed by atoms with Crippen LogP contribution >= 0.6 is 0 Å². The fourth-order valence-electron chi connectivity index (χ4n) is 5.71. The predicted molar refractivity (Wildman–Crippen MR) is 106 cm³/mol. The lowest BCUT2D eigenvalue weighted by atomic mass is 9.71. The van der Waals surface area contributed by atoms with Crippen LogP contribution in [0.25, 0.3) is 0 Å². The maximum absolute atomic E-state index is 13.6. The Morgan fingerprint density at radius 1 is 1.34 bits per heavy atom. The van der Waals surface area contributed by atoms with Crippen LogP contribution in [0.1, 0.15) is 25.3 Å². The van der Waals surface area contributed by atoms with E-state index < -0.39 is 5.41 Å². The number of hydroxylamine groups is 1. The van der Waals surface area contributed by atoms with Crippen LogP contribution in [0, 0.1) is 11.8 Å². The Balaban J connectivity index is 1.59. The highest BCUT2D eigenvalue weighted by molar-refractivity contribution is 6.09. The monoisotopic (exact) mass is 396 g/mol. The van der Waals surface area contributed by atoms with Crippen molar-refractivity contribution in [2.24, 2.45) is 16.8 Å². The molecule has 6 rings (SSSR count). The highest BCUT2D eigenvalue weighted by Crippen LogP contribution is 2.56. The third kappa shape index (κ3) is 2.40. The summed E-state index contributed by atoms with van der Waals surface area (Å²) in [5.41, 5.74) is 2.76. The molecule has 1 amide bonds. The Morgan fingerprint density at radius 2 is 2.14 bits per heavy atom. The van der Waals surface area contributed by atoms with Crippen LogP contribution < -0.4 is 5.06 Å². The minimum atomic E-state index is -0.782. The van der Waals surface area contributed by atoms with Crippen LogP contribution in [-0.4, -0.2) is 50.6 Å². The third-order valence-corrected chi connectivity index (χ3v) is 7.00. The Labute approximate surface area is 169 Å². The number of benzene rings is 1. The number of esters is 1. The average molecular weight is 396 g/mol. The summed E-state index contributed by atoms with van der Waals surface area (Å²) < 4.78 is 11.1. The quantitative estimate of drug-likeness (QED) is 0.578. The number of anilines is 1. The molecule has 1 spiro atoms. The number of ether oxygens (including phenoxy) is 2. The first-order valence-corrected chi connectivity index (χ1v) is 9.95. The lowest BCUT2D eigenvalue weighted by Crippen LogP contribution is -2.51. The van der Waals surface area contributed by atoms with Gasteiger partial charge in [-0.25, -0.2) is 4.79 Å². The minimum Gasteiger partial charge on any atom is -0.466 e. The first-order valence-electron chi connectivity index (χ1n) is 9.95. The van der Waals surface area contributed by atoms with Gasteiger partial charge >= 0.3 is 5.97 Å². The second-order valence-corrected chi connectivity index (χ2v) is 8.23. The lowest BCUT2D eigenvalue weighted by molar-refractivity contribution is -0.137. The van der Waals surface area contributed by atoms with Crippen molar-refractivity contribution in [2.45, 2.75) is 37.3 Å². The van der Waals surface area contributed by atoms with Gasteiger partial charge in [-0.05, 0) is 37.0 Å². The van der Waals surface area contributed by atoms with Gasteiger partial charge in [0.05, 0.1) is 38.7 Å². The smallest absolute Gasteiger partial charge is 0.330 e. The Bertz CT molecular complexity index is 954. The highest BCUT2D eigenvalue weighted by atomic mass is 16.7. The number of allylic oxidation sites excluding steroid dienone is 1. The molecule has 1 aromatic carbocycles. The van der Waals surface area contributed by atoms with E-state index in [1.807, 2.05) is 31.2 Å². The molecule has 7 nitrogen and oxygen atoms in total. The molecule has 5 atom stereocenters. The van der Waals surface area contributed by atoms with Gasteiger partial charge in [0.2, 0.25) is 0 Å². The number of methoxy groups -OCH3 is 1. The van der Waals surface area contributed by atoms with E-state index in [0.29, 0.717) is 19.4 Å². The lowest BCUT2D eigenvalue weighted by Gasteiger charge is -2.38. The number of para-hydroxylation sites is 1. The fourth-order valence-corrected chi connectivity index (χ4v) is 5.71. The van der Waals surface area contributed by atoms with Crippen LogP contribution in [-0.2, 0) is 29.3 Å². The van der Waals surface area contributed by atoms with Crippen molar-refractivity contribution < 1.29 is 23.9 Å². The summed E-state index contributed by atoms with van der Waals surface area (Å²) in [6.45, 7) is 2.47. The molecule has 5 unspecified atom stereocenters. The zero-order valence-corrected chi connectivity index (χ0v) is 16.8. The van der Waals surface area contributed by atoms with E-state index in [1.54, 1.807) is 0 Å². The second kappa shape index (κ2) is 6.50. The standard InChI is InChI=1S/C22H24N2O5/c1-12(8-19(25)27-2)20-13-9-18-22(10-16(23-20)14(13)11-29-18)15-6-4-5-7-17(15)24(28-3)21(22)26/h4-8,13-14,16,18H,9-11H2,1-3H3. The van der Waals surface area contributed by atoms with Crippen molar-refractivity contribution in [3.05, 3.63) is 41.5 Å². The molecule has 0 N–H and O–H groups in total. The van der Waals surface area contributed by atoms with E-state index >= 15 is 0 Å². The molecule has 1 saturated carbocycles. The zero-order valence-electron chi connectivity index (χ0n) is 16.8. The summed E-state index contributed by atoms with van der Waals surface area (Å²) in [6, 6.07) is 7.77. The topological polar surface area (TPSA) is 77.4 Å².